The van der Waals surface area contributed by atoms with E-state index in [1.165, 1.54) is 0 Å². The predicted octanol–water partition coefficient (Wildman–Crippen LogP) is 5.18. The van der Waals surface area contributed by atoms with Crippen LogP contribution in [-0.4, -0.2) is 22.1 Å². The van der Waals surface area contributed by atoms with Gasteiger partial charge in [-0.25, -0.2) is 0 Å². The molecule has 0 aliphatic rings. The van der Waals surface area contributed by atoms with E-state index in [-0.39, 0.29) is 5.91 Å². The van der Waals surface area contributed by atoms with E-state index in [0.717, 1.165) is 34.0 Å². The van der Waals surface area contributed by atoms with Gasteiger partial charge in [0.25, 0.3) is 5.91 Å². The molecule has 2 aromatic heterocycles. The molecule has 0 aliphatic carbocycles. The number of hydrogen-bond acceptors (Lipinski definition) is 3. The molecule has 0 bridgehead atoms. The molecule has 31 heavy (non-hydrogen) atoms. The minimum Gasteiger partial charge on any atom is -0.494 e. The van der Waals surface area contributed by atoms with Gasteiger partial charge in [0.2, 0.25) is 0 Å². The van der Waals surface area contributed by atoms with Crippen LogP contribution in [0.1, 0.15) is 28.5 Å². The van der Waals surface area contributed by atoms with Crippen molar-refractivity contribution >= 4 is 5.91 Å². The number of nitrogens with zero attached hydrogens (tertiary/aromatic N) is 2. The first-order valence-electron chi connectivity index (χ1n) is 10.4. The molecule has 0 unspecified atom stereocenters. The van der Waals surface area contributed by atoms with Crippen LogP contribution in [0.2, 0.25) is 0 Å². The Morgan fingerprint density at radius 3 is 2.48 bits per heavy atom. The lowest BCUT2D eigenvalue weighted by atomic mass is 10.1. The second-order valence-electron chi connectivity index (χ2n) is 7.20. The molecule has 4 rings (SSSR count). The van der Waals surface area contributed by atoms with E-state index < -0.39 is 0 Å². The first kappa shape index (κ1) is 20.4. The van der Waals surface area contributed by atoms with Crippen molar-refractivity contribution in [2.45, 2.75) is 20.4 Å². The summed E-state index contributed by atoms with van der Waals surface area (Å²) in [5.74, 6) is 0.718. The highest BCUT2D eigenvalue weighted by atomic mass is 16.5. The Kier molecular flexibility index (Phi) is 6.13. The molecule has 0 spiro atoms. The van der Waals surface area contributed by atoms with Gasteiger partial charge in [-0.05, 0) is 61.4 Å². The lowest BCUT2D eigenvalue weighted by molar-refractivity contribution is 0.0950. The summed E-state index contributed by atoms with van der Waals surface area (Å²) in [6.07, 6.45) is 3.48. The molecule has 5 heteroatoms. The number of nitrogens with one attached hydrogen (secondary N) is 1. The van der Waals surface area contributed by atoms with E-state index in [0.29, 0.717) is 18.7 Å². The average Bonchev–Trinajstić information content (AvgIpc) is 3.17. The Morgan fingerprint density at radius 1 is 1.03 bits per heavy atom. The molecule has 1 N–H and O–H groups in total. The number of hydrogen-bond donors (Lipinski definition) is 1. The fourth-order valence-corrected chi connectivity index (χ4v) is 3.63. The van der Waals surface area contributed by atoms with Gasteiger partial charge >= 0.3 is 0 Å². The lowest BCUT2D eigenvalue weighted by Crippen LogP contribution is -2.23. The number of ether oxygens (including phenoxy) is 1. The first-order chi connectivity index (χ1) is 15.2. The van der Waals surface area contributed by atoms with Gasteiger partial charge in [-0.1, -0.05) is 36.4 Å². The fourth-order valence-electron chi connectivity index (χ4n) is 3.63. The standard InChI is InChI=1S/C26H25N3O2/c1-3-31-23-13-11-22(12-14-23)29-19(2)24(16-25(29)21-9-5-4-6-10-21)26(30)28-18-20-8-7-15-27-17-20/h4-17H,3,18H2,1-2H3,(H,28,30). The van der Waals surface area contributed by atoms with Gasteiger partial charge in [0.05, 0.1) is 17.9 Å². The van der Waals surface area contributed by atoms with Crippen molar-refractivity contribution in [3.63, 3.8) is 0 Å². The average molecular weight is 412 g/mol. The molecule has 0 aliphatic heterocycles. The summed E-state index contributed by atoms with van der Waals surface area (Å²) >= 11 is 0. The zero-order valence-electron chi connectivity index (χ0n) is 17.7. The van der Waals surface area contributed by atoms with Crippen molar-refractivity contribution in [1.29, 1.82) is 0 Å². The van der Waals surface area contributed by atoms with Crippen molar-refractivity contribution in [3.05, 3.63) is 102 Å². The highest BCUT2D eigenvalue weighted by molar-refractivity contribution is 5.97. The quantitative estimate of drug-likeness (QED) is 0.456. The second-order valence-corrected chi connectivity index (χ2v) is 7.20. The van der Waals surface area contributed by atoms with Crippen LogP contribution in [0.15, 0.2) is 85.2 Å². The summed E-state index contributed by atoms with van der Waals surface area (Å²) in [6, 6.07) is 23.8. The van der Waals surface area contributed by atoms with Crippen LogP contribution in [0.5, 0.6) is 5.75 Å². The molecule has 1 amide bonds. The SMILES string of the molecule is CCOc1ccc(-n2c(-c3ccccc3)cc(C(=O)NCc3cccnc3)c2C)cc1. The third kappa shape index (κ3) is 4.51. The van der Waals surface area contributed by atoms with Gasteiger partial charge in [0.1, 0.15) is 5.75 Å². The summed E-state index contributed by atoms with van der Waals surface area (Å²) in [7, 11) is 0. The van der Waals surface area contributed by atoms with Crippen LogP contribution in [-0.2, 0) is 6.54 Å². The summed E-state index contributed by atoms with van der Waals surface area (Å²) in [5, 5.41) is 3.01. The maximum absolute atomic E-state index is 13.0. The van der Waals surface area contributed by atoms with Crippen molar-refractivity contribution < 1.29 is 9.53 Å². The third-order valence-corrected chi connectivity index (χ3v) is 5.14. The van der Waals surface area contributed by atoms with E-state index in [9.17, 15) is 4.79 Å². The molecule has 2 aromatic carbocycles. The predicted molar refractivity (Wildman–Crippen MR) is 123 cm³/mol. The Hall–Kier alpha value is -3.86. The molecule has 0 radical (unpaired) electrons. The van der Waals surface area contributed by atoms with Gasteiger partial charge in [-0.2, -0.15) is 0 Å². The topological polar surface area (TPSA) is 56.1 Å². The van der Waals surface area contributed by atoms with Crippen LogP contribution in [0.3, 0.4) is 0 Å². The van der Waals surface area contributed by atoms with Crippen LogP contribution in [0.4, 0.5) is 0 Å². The molecule has 0 fully saturated rings. The zero-order chi connectivity index (χ0) is 21.6. The van der Waals surface area contributed by atoms with E-state index in [1.807, 2.05) is 74.5 Å². The number of rotatable bonds is 7. The lowest BCUT2D eigenvalue weighted by Gasteiger charge is -2.13. The molecule has 156 valence electrons. The Labute approximate surface area is 182 Å². The van der Waals surface area contributed by atoms with Crippen molar-refractivity contribution in [1.82, 2.24) is 14.9 Å². The van der Waals surface area contributed by atoms with Crippen molar-refractivity contribution in [2.75, 3.05) is 6.61 Å². The fraction of sp³-hybridized carbons (Fsp3) is 0.154. The highest BCUT2D eigenvalue weighted by Crippen LogP contribution is 2.30. The molecular formula is C26H25N3O2. The maximum Gasteiger partial charge on any atom is 0.253 e. The van der Waals surface area contributed by atoms with Crippen LogP contribution < -0.4 is 10.1 Å². The van der Waals surface area contributed by atoms with E-state index >= 15 is 0 Å². The van der Waals surface area contributed by atoms with Gasteiger partial charge in [-0.3, -0.25) is 9.78 Å². The molecule has 4 aromatic rings. The van der Waals surface area contributed by atoms with E-state index in [2.05, 4.69) is 27.0 Å². The molecule has 0 atom stereocenters. The normalized spacial score (nSPS) is 10.6. The summed E-state index contributed by atoms with van der Waals surface area (Å²) in [5.41, 5.74) is 5.48. The molecule has 2 heterocycles. The van der Waals surface area contributed by atoms with Gasteiger partial charge in [-0.15, -0.1) is 0 Å². The molecular weight excluding hydrogens is 386 g/mol. The Morgan fingerprint density at radius 2 is 1.81 bits per heavy atom. The minimum absolute atomic E-state index is 0.108. The minimum atomic E-state index is -0.108. The second kappa shape index (κ2) is 9.30. The van der Waals surface area contributed by atoms with Crippen LogP contribution in [0, 0.1) is 6.92 Å². The largest absolute Gasteiger partial charge is 0.494 e. The Balaban J connectivity index is 1.71. The van der Waals surface area contributed by atoms with Crippen molar-refractivity contribution in [3.8, 4) is 22.7 Å². The zero-order valence-corrected chi connectivity index (χ0v) is 17.7. The van der Waals surface area contributed by atoms with Gasteiger partial charge in [0.15, 0.2) is 0 Å². The highest BCUT2D eigenvalue weighted by Gasteiger charge is 2.19. The first-order valence-corrected chi connectivity index (χ1v) is 10.4. The molecule has 0 saturated carbocycles. The summed E-state index contributed by atoms with van der Waals surface area (Å²) < 4.78 is 7.70. The monoisotopic (exact) mass is 411 g/mol. The van der Waals surface area contributed by atoms with Gasteiger partial charge in [0, 0.05) is 30.3 Å². The maximum atomic E-state index is 13.0. The van der Waals surface area contributed by atoms with Crippen LogP contribution in [0.25, 0.3) is 16.9 Å². The number of amides is 1. The van der Waals surface area contributed by atoms with Crippen LogP contribution >= 0.6 is 0 Å². The van der Waals surface area contributed by atoms with E-state index in [4.69, 9.17) is 4.74 Å². The van der Waals surface area contributed by atoms with E-state index in [1.54, 1.807) is 12.4 Å². The number of benzene rings is 2. The smallest absolute Gasteiger partial charge is 0.253 e. The summed E-state index contributed by atoms with van der Waals surface area (Å²) in [4.78, 5) is 17.1. The summed E-state index contributed by atoms with van der Waals surface area (Å²) in [6.45, 7) is 5.00. The number of carbonyl (C=O) groups excluding carboxylic acids is 1. The number of carbonyl (C=O) groups is 1. The van der Waals surface area contributed by atoms with Gasteiger partial charge < -0.3 is 14.6 Å². The number of pyridine rings is 1. The molecule has 0 saturated heterocycles. The van der Waals surface area contributed by atoms with Crippen molar-refractivity contribution in [2.24, 2.45) is 0 Å². The Bertz CT molecular complexity index is 1150. The number of aromatic nitrogens is 2. The third-order valence-electron chi connectivity index (χ3n) is 5.14. The molecule has 5 nitrogen and oxygen atoms in total.